The molecule has 3 aromatic carbocycles. The van der Waals surface area contributed by atoms with Crippen LogP contribution in [0.25, 0.3) is 0 Å². The third-order valence-electron chi connectivity index (χ3n) is 6.96. The van der Waals surface area contributed by atoms with Crippen molar-refractivity contribution in [1.82, 2.24) is 0 Å². The molecule has 36 heavy (non-hydrogen) atoms. The third-order valence-corrected chi connectivity index (χ3v) is 6.96. The van der Waals surface area contributed by atoms with Gasteiger partial charge in [0.15, 0.2) is 11.5 Å². The Morgan fingerprint density at radius 2 is 1.56 bits per heavy atom. The Morgan fingerprint density at radius 3 is 2.22 bits per heavy atom. The van der Waals surface area contributed by atoms with Crippen molar-refractivity contribution in [3.63, 3.8) is 0 Å². The van der Waals surface area contributed by atoms with Crippen molar-refractivity contribution in [2.75, 3.05) is 5.32 Å². The average Bonchev–Trinajstić information content (AvgIpc) is 2.86. The number of fused-ring (bicyclic) bond motifs is 5. The first-order chi connectivity index (χ1) is 17.2. The number of carbonyl (C=O) groups excluding carboxylic acids is 2. The van der Waals surface area contributed by atoms with Gasteiger partial charge < -0.3 is 10.1 Å². The smallest absolute Gasteiger partial charge is 0.258 e. The summed E-state index contributed by atoms with van der Waals surface area (Å²) in [5.41, 5.74) is 6.58. The second kappa shape index (κ2) is 7.89. The first kappa shape index (κ1) is 22.2. The topological polar surface area (TPSA) is 69.4 Å². The zero-order valence-corrected chi connectivity index (χ0v) is 20.7. The van der Waals surface area contributed by atoms with Crippen molar-refractivity contribution in [2.45, 2.75) is 33.8 Å². The fourth-order valence-electron chi connectivity index (χ4n) is 4.95. The number of hydrogen-bond donors (Lipinski definition) is 2. The van der Waals surface area contributed by atoms with E-state index in [-0.39, 0.29) is 23.1 Å². The van der Waals surface area contributed by atoms with Crippen LogP contribution in [0.15, 0.2) is 78.4 Å². The Bertz CT molecular complexity index is 1550. The molecule has 0 fully saturated rings. The van der Waals surface area contributed by atoms with Gasteiger partial charge in [0.2, 0.25) is 17.6 Å². The summed E-state index contributed by atoms with van der Waals surface area (Å²) in [6, 6.07) is 16.7. The van der Waals surface area contributed by atoms with Gasteiger partial charge in [-0.2, -0.15) is 0 Å². The highest BCUT2D eigenvalue weighted by Crippen LogP contribution is 2.42. The average molecular weight is 476 g/mol. The maximum absolute atomic E-state index is 13.8. The molecule has 0 spiro atoms. The van der Waals surface area contributed by atoms with Crippen LogP contribution in [0.5, 0.6) is 5.75 Å². The summed E-state index contributed by atoms with van der Waals surface area (Å²) in [4.78, 5) is 31.0. The molecule has 0 aromatic heterocycles. The molecule has 5 heteroatoms. The molecule has 1 aliphatic heterocycles. The molecule has 1 unspecified atom stereocenters. The second-order valence-electron chi connectivity index (χ2n) is 10.6. The number of anilines is 2. The molecule has 1 atom stereocenters. The van der Waals surface area contributed by atoms with Crippen molar-refractivity contribution < 1.29 is 19.3 Å². The zero-order chi connectivity index (χ0) is 25.2. The third kappa shape index (κ3) is 3.51. The fourth-order valence-corrected chi connectivity index (χ4v) is 4.95. The molecule has 0 saturated carbocycles. The number of carbonyl (C=O) groups is 2. The van der Waals surface area contributed by atoms with Crippen LogP contribution in [0.4, 0.5) is 17.1 Å². The van der Waals surface area contributed by atoms with Gasteiger partial charge in [0.25, 0.3) is 5.69 Å². The van der Waals surface area contributed by atoms with E-state index in [1.165, 1.54) is 5.57 Å². The van der Waals surface area contributed by atoms with Gasteiger partial charge in [0, 0.05) is 29.0 Å². The Labute approximate surface area is 210 Å². The van der Waals surface area contributed by atoms with E-state index in [2.05, 4.69) is 43.2 Å². The van der Waals surface area contributed by atoms with Crippen LogP contribution in [-0.4, -0.2) is 23.4 Å². The van der Waals surface area contributed by atoms with E-state index >= 15 is 0 Å². The SMILES string of the molecule is Cc1ccc(Nc2cc3c(c4c2C(=O)c2ccccc2C4=O)[NH+]=C2C=CC(C(C)(C)C)=CC2O3)cc1. The van der Waals surface area contributed by atoms with Crippen LogP contribution in [0.1, 0.15) is 58.2 Å². The minimum absolute atomic E-state index is 0.0221. The van der Waals surface area contributed by atoms with E-state index in [0.717, 1.165) is 17.0 Å². The Morgan fingerprint density at radius 1 is 0.889 bits per heavy atom. The van der Waals surface area contributed by atoms with E-state index < -0.39 is 0 Å². The molecule has 0 radical (unpaired) electrons. The summed E-state index contributed by atoms with van der Waals surface area (Å²) in [6.45, 7) is 8.52. The fraction of sp³-hybridized carbons (Fsp3) is 0.194. The molecule has 2 aliphatic carbocycles. The van der Waals surface area contributed by atoms with Crippen molar-refractivity contribution in [3.8, 4) is 5.75 Å². The lowest BCUT2D eigenvalue weighted by Crippen LogP contribution is -2.72. The monoisotopic (exact) mass is 475 g/mol. The molecular weight excluding hydrogens is 448 g/mol. The van der Waals surface area contributed by atoms with Gasteiger partial charge in [-0.3, -0.25) is 9.59 Å². The predicted molar refractivity (Wildman–Crippen MR) is 141 cm³/mol. The lowest BCUT2D eigenvalue weighted by Gasteiger charge is -2.29. The molecule has 1 heterocycles. The van der Waals surface area contributed by atoms with Crippen LogP contribution < -0.4 is 15.0 Å². The molecule has 2 N–H and O–H groups in total. The number of ketones is 2. The molecule has 0 amide bonds. The van der Waals surface area contributed by atoms with Gasteiger partial charge >= 0.3 is 0 Å². The quantitative estimate of drug-likeness (QED) is 0.430. The minimum Gasteiger partial charge on any atom is -0.468 e. The molecule has 0 bridgehead atoms. The number of aryl methyl sites for hydroxylation is 1. The summed E-state index contributed by atoms with van der Waals surface area (Å²) < 4.78 is 6.47. The highest BCUT2D eigenvalue weighted by molar-refractivity contribution is 6.32. The largest absolute Gasteiger partial charge is 0.468 e. The first-order valence-corrected chi connectivity index (χ1v) is 12.1. The number of rotatable bonds is 2. The lowest BCUT2D eigenvalue weighted by atomic mass is 9.81. The predicted octanol–water partition coefficient (Wildman–Crippen LogP) is 4.97. The summed E-state index contributed by atoms with van der Waals surface area (Å²) in [5.74, 6) is 0.169. The van der Waals surface area contributed by atoms with E-state index in [4.69, 9.17) is 4.74 Å². The number of hydrogen-bond acceptors (Lipinski definition) is 4. The second-order valence-corrected chi connectivity index (χ2v) is 10.6. The molecule has 0 saturated heterocycles. The molecule has 5 nitrogen and oxygen atoms in total. The maximum Gasteiger partial charge on any atom is 0.258 e. The summed E-state index contributed by atoms with van der Waals surface area (Å²) in [6.07, 6.45) is 5.89. The maximum atomic E-state index is 13.8. The normalized spacial score (nSPS) is 17.7. The Kier molecular flexibility index (Phi) is 4.87. The summed E-state index contributed by atoms with van der Waals surface area (Å²) in [5, 5.41) is 3.38. The van der Waals surface area contributed by atoms with E-state index in [0.29, 0.717) is 39.4 Å². The van der Waals surface area contributed by atoms with Crippen LogP contribution in [0.3, 0.4) is 0 Å². The molecule has 3 aliphatic rings. The van der Waals surface area contributed by atoms with Crippen molar-refractivity contribution >= 4 is 34.3 Å². The summed E-state index contributed by atoms with van der Waals surface area (Å²) >= 11 is 0. The number of nitrogens with one attached hydrogen (secondary N) is 2. The highest BCUT2D eigenvalue weighted by Gasteiger charge is 2.41. The Balaban J connectivity index is 1.55. The lowest BCUT2D eigenvalue weighted by molar-refractivity contribution is -0.362. The van der Waals surface area contributed by atoms with E-state index in [1.807, 2.05) is 43.3 Å². The Hall–Kier alpha value is -4.25. The van der Waals surface area contributed by atoms with Crippen molar-refractivity contribution in [3.05, 3.63) is 106 Å². The van der Waals surface area contributed by atoms with Gasteiger partial charge in [-0.05, 0) is 36.1 Å². The van der Waals surface area contributed by atoms with Gasteiger partial charge in [-0.1, -0.05) is 68.8 Å². The zero-order valence-electron chi connectivity index (χ0n) is 20.7. The molecule has 178 valence electrons. The molecule has 6 rings (SSSR count). The minimum atomic E-state index is -0.302. The molecular formula is C31H27N2O3+. The standard InChI is InChI=1S/C31H26N2O3/c1-17-9-12-19(13-10-17)32-23-16-25-28(33-22-14-11-18(31(2,3)4)15-24(22)36-25)27-26(23)29(34)20-7-5-6-8-21(20)30(27)35/h5-16,24,32H,1-4H3/p+1. The van der Waals surface area contributed by atoms with Crippen molar-refractivity contribution in [2.24, 2.45) is 5.41 Å². The van der Waals surface area contributed by atoms with Crippen LogP contribution in [0, 0.1) is 12.3 Å². The molecule has 3 aromatic rings. The number of benzene rings is 3. The van der Waals surface area contributed by atoms with E-state index in [9.17, 15) is 9.59 Å². The van der Waals surface area contributed by atoms with E-state index in [1.54, 1.807) is 24.3 Å². The van der Waals surface area contributed by atoms with Crippen LogP contribution in [0.2, 0.25) is 0 Å². The highest BCUT2D eigenvalue weighted by atomic mass is 16.5. The van der Waals surface area contributed by atoms with Crippen LogP contribution >= 0.6 is 0 Å². The summed E-state index contributed by atoms with van der Waals surface area (Å²) in [7, 11) is 0. The number of allylic oxidation sites excluding steroid dienone is 2. The van der Waals surface area contributed by atoms with Crippen molar-refractivity contribution in [1.29, 1.82) is 0 Å². The number of ether oxygens (including phenoxy) is 1. The van der Waals surface area contributed by atoms with Crippen LogP contribution in [-0.2, 0) is 0 Å². The van der Waals surface area contributed by atoms with Gasteiger partial charge in [0.1, 0.15) is 5.56 Å². The first-order valence-electron chi connectivity index (χ1n) is 12.1. The van der Waals surface area contributed by atoms with Gasteiger partial charge in [0.05, 0.1) is 11.3 Å². The van der Waals surface area contributed by atoms with Gasteiger partial charge in [-0.25, -0.2) is 4.99 Å². The van der Waals surface area contributed by atoms with Gasteiger partial charge in [-0.15, -0.1) is 0 Å².